The summed E-state index contributed by atoms with van der Waals surface area (Å²) in [5.41, 5.74) is 1.30. The molecule has 0 unspecified atom stereocenters. The van der Waals surface area contributed by atoms with E-state index in [2.05, 4.69) is 38.0 Å². The van der Waals surface area contributed by atoms with Crippen LogP contribution in [-0.4, -0.2) is 20.1 Å². The van der Waals surface area contributed by atoms with Crippen LogP contribution < -0.4 is 5.32 Å². The van der Waals surface area contributed by atoms with Gasteiger partial charge < -0.3 is 9.88 Å². The second-order valence-corrected chi connectivity index (χ2v) is 6.79. The fourth-order valence-corrected chi connectivity index (χ4v) is 2.94. The minimum atomic E-state index is 0.123. The highest BCUT2D eigenvalue weighted by molar-refractivity contribution is 7.15. The highest BCUT2D eigenvalue weighted by atomic mass is 32.1. The fourth-order valence-electron chi connectivity index (χ4n) is 1.81. The SMILES string of the molecule is CCc1nc(-c2nccn2C)sc1CNC(C)(C)C. The number of hydrogen-bond acceptors (Lipinski definition) is 4. The molecule has 0 aliphatic rings. The summed E-state index contributed by atoms with van der Waals surface area (Å²) in [5.74, 6) is 0.946. The van der Waals surface area contributed by atoms with E-state index in [0.717, 1.165) is 23.8 Å². The third-order valence-electron chi connectivity index (χ3n) is 2.90. The van der Waals surface area contributed by atoms with E-state index >= 15 is 0 Å². The minimum absolute atomic E-state index is 0.123. The molecule has 104 valence electrons. The Morgan fingerprint density at radius 3 is 2.63 bits per heavy atom. The number of rotatable bonds is 4. The zero-order valence-electron chi connectivity index (χ0n) is 12.3. The summed E-state index contributed by atoms with van der Waals surface area (Å²) in [4.78, 5) is 10.4. The van der Waals surface area contributed by atoms with E-state index in [0.29, 0.717) is 0 Å². The zero-order valence-corrected chi connectivity index (χ0v) is 13.1. The quantitative estimate of drug-likeness (QED) is 0.935. The van der Waals surface area contributed by atoms with Crippen LogP contribution in [0.1, 0.15) is 38.3 Å². The van der Waals surface area contributed by atoms with Gasteiger partial charge in [0.2, 0.25) is 0 Å². The number of nitrogens with one attached hydrogen (secondary N) is 1. The lowest BCUT2D eigenvalue weighted by Gasteiger charge is -2.20. The maximum atomic E-state index is 4.73. The molecule has 0 aliphatic heterocycles. The lowest BCUT2D eigenvalue weighted by atomic mass is 10.1. The lowest BCUT2D eigenvalue weighted by molar-refractivity contribution is 0.425. The van der Waals surface area contributed by atoms with Crippen molar-refractivity contribution in [3.05, 3.63) is 23.0 Å². The molecule has 2 aromatic heterocycles. The molecular weight excluding hydrogens is 256 g/mol. The van der Waals surface area contributed by atoms with Gasteiger partial charge in [-0.3, -0.25) is 0 Å². The Kier molecular flexibility index (Phi) is 4.06. The van der Waals surface area contributed by atoms with Gasteiger partial charge >= 0.3 is 0 Å². The molecule has 0 aromatic carbocycles. The number of nitrogens with zero attached hydrogens (tertiary/aromatic N) is 3. The summed E-state index contributed by atoms with van der Waals surface area (Å²) < 4.78 is 2.01. The van der Waals surface area contributed by atoms with Gasteiger partial charge in [-0.1, -0.05) is 6.92 Å². The molecule has 0 fully saturated rings. The van der Waals surface area contributed by atoms with E-state index in [9.17, 15) is 0 Å². The van der Waals surface area contributed by atoms with Crippen LogP contribution in [0, 0.1) is 0 Å². The van der Waals surface area contributed by atoms with Gasteiger partial charge in [-0.25, -0.2) is 9.97 Å². The molecule has 0 radical (unpaired) electrons. The lowest BCUT2D eigenvalue weighted by Crippen LogP contribution is -2.35. The van der Waals surface area contributed by atoms with Gasteiger partial charge in [-0.05, 0) is 27.2 Å². The van der Waals surface area contributed by atoms with E-state index in [1.165, 1.54) is 10.6 Å². The van der Waals surface area contributed by atoms with Crippen LogP contribution in [-0.2, 0) is 20.0 Å². The van der Waals surface area contributed by atoms with Crippen molar-refractivity contribution in [1.29, 1.82) is 0 Å². The molecule has 0 amide bonds. The number of imidazole rings is 1. The standard InChI is InChI=1S/C14H22N4S/c1-6-10-11(9-16-14(2,3)4)19-13(17-10)12-15-7-8-18(12)5/h7-8,16H,6,9H2,1-5H3. The highest BCUT2D eigenvalue weighted by Crippen LogP contribution is 2.27. The molecule has 19 heavy (non-hydrogen) atoms. The Balaban J connectivity index is 2.25. The first-order valence-electron chi connectivity index (χ1n) is 6.62. The van der Waals surface area contributed by atoms with E-state index in [1.807, 2.05) is 24.0 Å². The monoisotopic (exact) mass is 278 g/mol. The summed E-state index contributed by atoms with van der Waals surface area (Å²) in [6.07, 6.45) is 4.73. The normalized spacial score (nSPS) is 12.1. The molecule has 2 aromatic rings. The summed E-state index contributed by atoms with van der Waals surface area (Å²) in [5, 5.41) is 4.54. The Morgan fingerprint density at radius 1 is 1.37 bits per heavy atom. The van der Waals surface area contributed by atoms with Crippen LogP contribution in [0.2, 0.25) is 0 Å². The maximum absolute atomic E-state index is 4.73. The average molecular weight is 278 g/mol. The third-order valence-corrected chi connectivity index (χ3v) is 4.00. The van der Waals surface area contributed by atoms with Gasteiger partial charge in [0.25, 0.3) is 0 Å². The zero-order chi connectivity index (χ0) is 14.0. The molecule has 0 saturated carbocycles. The van der Waals surface area contributed by atoms with E-state index < -0.39 is 0 Å². The van der Waals surface area contributed by atoms with Gasteiger partial charge in [0.15, 0.2) is 10.8 Å². The topological polar surface area (TPSA) is 42.7 Å². The first-order chi connectivity index (χ1) is 8.90. The Bertz CT molecular complexity index is 548. The van der Waals surface area contributed by atoms with E-state index in [-0.39, 0.29) is 5.54 Å². The van der Waals surface area contributed by atoms with Crippen molar-refractivity contribution < 1.29 is 0 Å². The average Bonchev–Trinajstić information content (AvgIpc) is 2.90. The smallest absolute Gasteiger partial charge is 0.168 e. The predicted molar refractivity (Wildman–Crippen MR) is 80.3 cm³/mol. The first-order valence-corrected chi connectivity index (χ1v) is 7.43. The second-order valence-electron chi connectivity index (χ2n) is 5.71. The molecule has 0 bridgehead atoms. The Hall–Kier alpha value is -1.20. The van der Waals surface area contributed by atoms with Gasteiger partial charge in [0.05, 0.1) is 5.69 Å². The number of aryl methyl sites for hydroxylation is 2. The van der Waals surface area contributed by atoms with Crippen molar-refractivity contribution in [2.75, 3.05) is 0 Å². The molecule has 0 spiro atoms. The molecule has 0 atom stereocenters. The van der Waals surface area contributed by atoms with Crippen molar-refractivity contribution in [3.8, 4) is 10.8 Å². The molecule has 2 rings (SSSR count). The van der Waals surface area contributed by atoms with E-state index in [4.69, 9.17) is 4.98 Å². The highest BCUT2D eigenvalue weighted by Gasteiger charge is 2.16. The van der Waals surface area contributed by atoms with Crippen LogP contribution >= 0.6 is 11.3 Å². The van der Waals surface area contributed by atoms with Crippen LogP contribution in [0.15, 0.2) is 12.4 Å². The second kappa shape index (κ2) is 5.43. The van der Waals surface area contributed by atoms with Crippen LogP contribution in [0.5, 0.6) is 0 Å². The number of hydrogen-bond donors (Lipinski definition) is 1. The number of thiazole rings is 1. The summed E-state index contributed by atoms with van der Waals surface area (Å²) in [7, 11) is 2.00. The van der Waals surface area contributed by atoms with Crippen molar-refractivity contribution >= 4 is 11.3 Å². The van der Waals surface area contributed by atoms with Crippen molar-refractivity contribution in [2.24, 2.45) is 7.05 Å². The van der Waals surface area contributed by atoms with Crippen molar-refractivity contribution in [3.63, 3.8) is 0 Å². The van der Waals surface area contributed by atoms with Crippen LogP contribution in [0.25, 0.3) is 10.8 Å². The molecule has 0 saturated heterocycles. The summed E-state index contributed by atoms with van der Waals surface area (Å²) in [6.45, 7) is 9.56. The molecule has 0 aliphatic carbocycles. The molecule has 1 N–H and O–H groups in total. The van der Waals surface area contributed by atoms with Gasteiger partial charge in [-0.2, -0.15) is 0 Å². The van der Waals surface area contributed by atoms with Gasteiger partial charge in [0, 0.05) is 36.4 Å². The van der Waals surface area contributed by atoms with E-state index in [1.54, 1.807) is 11.3 Å². The first kappa shape index (κ1) is 14.2. The van der Waals surface area contributed by atoms with Crippen LogP contribution in [0.3, 0.4) is 0 Å². The molecule has 4 nitrogen and oxygen atoms in total. The maximum Gasteiger partial charge on any atom is 0.168 e. The van der Waals surface area contributed by atoms with Crippen molar-refractivity contribution in [2.45, 2.75) is 46.2 Å². The summed E-state index contributed by atoms with van der Waals surface area (Å²) >= 11 is 1.74. The van der Waals surface area contributed by atoms with Crippen LogP contribution in [0.4, 0.5) is 0 Å². The van der Waals surface area contributed by atoms with Gasteiger partial charge in [-0.15, -0.1) is 11.3 Å². The largest absolute Gasteiger partial charge is 0.332 e. The predicted octanol–water partition coefficient (Wildman–Crippen LogP) is 2.99. The Labute approximate surface area is 118 Å². The summed E-state index contributed by atoms with van der Waals surface area (Å²) in [6, 6.07) is 0. The number of aromatic nitrogens is 3. The molecular formula is C14H22N4S. The third kappa shape index (κ3) is 3.42. The molecule has 5 heteroatoms. The molecule has 2 heterocycles. The van der Waals surface area contributed by atoms with Gasteiger partial charge in [0.1, 0.15) is 0 Å². The minimum Gasteiger partial charge on any atom is -0.332 e. The fraction of sp³-hybridized carbons (Fsp3) is 0.571. The Morgan fingerprint density at radius 2 is 2.11 bits per heavy atom. The van der Waals surface area contributed by atoms with Crippen molar-refractivity contribution in [1.82, 2.24) is 19.9 Å².